The molecule has 0 atom stereocenters. The largest absolute Gasteiger partial charge is 0.347 e. The normalized spacial score (nSPS) is 11.9. The summed E-state index contributed by atoms with van der Waals surface area (Å²) < 4.78 is 4.61. The predicted octanol–water partition coefficient (Wildman–Crippen LogP) is 6.40. The Kier molecular flexibility index (Phi) is 4.16. The van der Waals surface area contributed by atoms with E-state index in [0.29, 0.717) is 5.92 Å². The summed E-state index contributed by atoms with van der Waals surface area (Å²) in [7, 11) is 2.13. The van der Waals surface area contributed by atoms with Crippen LogP contribution in [0.2, 0.25) is 0 Å². The van der Waals surface area contributed by atoms with Gasteiger partial charge < -0.3 is 4.57 Å². The third-order valence-corrected chi connectivity index (χ3v) is 5.88. The molecule has 2 aromatic heterocycles. The predicted molar refractivity (Wildman–Crippen MR) is 123 cm³/mol. The molecule has 0 aliphatic rings. The van der Waals surface area contributed by atoms with Gasteiger partial charge in [-0.25, -0.2) is 4.57 Å². The fourth-order valence-electron chi connectivity index (χ4n) is 4.45. The standard InChI is InChI=1S/C27H27N2/c1-18(2)16-29-12-11-20-7-8-22(15-27(20)29)21-9-10-26-25(14-21)24-13-19(3)5-6-23(24)17-28(26)4/h5-15,17-18H,16H2,1-4H3/q+1. The second kappa shape index (κ2) is 6.73. The molecular formula is C27H27N2+. The van der Waals surface area contributed by atoms with E-state index in [1.165, 1.54) is 49.3 Å². The van der Waals surface area contributed by atoms with Gasteiger partial charge in [-0.05, 0) is 59.7 Å². The van der Waals surface area contributed by atoms with Crippen LogP contribution < -0.4 is 4.57 Å². The van der Waals surface area contributed by atoms with Crippen molar-refractivity contribution in [3.63, 3.8) is 0 Å². The van der Waals surface area contributed by atoms with Gasteiger partial charge in [0.05, 0.1) is 5.39 Å². The van der Waals surface area contributed by atoms with Crippen LogP contribution in [0, 0.1) is 12.8 Å². The lowest BCUT2D eigenvalue weighted by Gasteiger charge is -2.10. The van der Waals surface area contributed by atoms with E-state index < -0.39 is 0 Å². The minimum absolute atomic E-state index is 0.629. The van der Waals surface area contributed by atoms with Crippen LogP contribution in [0.25, 0.3) is 43.7 Å². The van der Waals surface area contributed by atoms with Gasteiger partial charge in [-0.3, -0.25) is 0 Å². The minimum atomic E-state index is 0.629. The molecule has 29 heavy (non-hydrogen) atoms. The smallest absolute Gasteiger partial charge is 0.212 e. The van der Waals surface area contributed by atoms with Crippen molar-refractivity contribution in [1.82, 2.24) is 4.57 Å². The lowest BCUT2D eigenvalue weighted by atomic mass is 9.98. The first kappa shape index (κ1) is 17.9. The molecule has 0 aliphatic carbocycles. The second-order valence-electron chi connectivity index (χ2n) is 8.70. The van der Waals surface area contributed by atoms with Crippen molar-refractivity contribution in [3.05, 3.63) is 78.6 Å². The topological polar surface area (TPSA) is 8.81 Å². The van der Waals surface area contributed by atoms with Crippen molar-refractivity contribution < 1.29 is 4.57 Å². The van der Waals surface area contributed by atoms with Crippen LogP contribution in [-0.2, 0) is 13.6 Å². The van der Waals surface area contributed by atoms with Gasteiger partial charge in [0.1, 0.15) is 7.05 Å². The molecule has 0 amide bonds. The quantitative estimate of drug-likeness (QED) is 0.253. The average Bonchev–Trinajstić information content (AvgIpc) is 3.10. The highest BCUT2D eigenvalue weighted by Crippen LogP contribution is 2.30. The Balaban J connectivity index is 1.72. The number of hydrogen-bond donors (Lipinski definition) is 0. The maximum absolute atomic E-state index is 2.38. The zero-order valence-electron chi connectivity index (χ0n) is 17.6. The third kappa shape index (κ3) is 3.09. The molecular weight excluding hydrogens is 352 g/mol. The monoisotopic (exact) mass is 379 g/mol. The van der Waals surface area contributed by atoms with Crippen LogP contribution in [-0.4, -0.2) is 4.57 Å². The molecule has 0 saturated carbocycles. The van der Waals surface area contributed by atoms with Crippen LogP contribution in [0.5, 0.6) is 0 Å². The Morgan fingerprint density at radius 2 is 1.59 bits per heavy atom. The summed E-state index contributed by atoms with van der Waals surface area (Å²) in [5.74, 6) is 0.629. The Morgan fingerprint density at radius 1 is 0.828 bits per heavy atom. The molecule has 3 aromatic carbocycles. The summed E-state index contributed by atoms with van der Waals surface area (Å²) in [5, 5.41) is 5.22. The Labute approximate surface area is 172 Å². The highest BCUT2D eigenvalue weighted by Gasteiger charge is 2.13. The zero-order valence-corrected chi connectivity index (χ0v) is 17.6. The van der Waals surface area contributed by atoms with Gasteiger partial charge in [0.25, 0.3) is 0 Å². The van der Waals surface area contributed by atoms with E-state index in [1.54, 1.807) is 0 Å². The van der Waals surface area contributed by atoms with Crippen molar-refractivity contribution in [2.75, 3.05) is 0 Å². The molecule has 144 valence electrons. The van der Waals surface area contributed by atoms with Crippen LogP contribution >= 0.6 is 0 Å². The summed E-state index contributed by atoms with van der Waals surface area (Å²) in [5.41, 5.74) is 6.42. The molecule has 0 bridgehead atoms. The molecule has 5 aromatic rings. The van der Waals surface area contributed by atoms with Crippen molar-refractivity contribution >= 4 is 32.6 Å². The molecule has 2 heteroatoms. The molecule has 2 nitrogen and oxygen atoms in total. The number of aryl methyl sites for hydroxylation is 2. The van der Waals surface area contributed by atoms with Crippen LogP contribution in [0.1, 0.15) is 19.4 Å². The van der Waals surface area contributed by atoms with E-state index in [1.807, 2.05) is 0 Å². The first-order valence-corrected chi connectivity index (χ1v) is 10.4. The maximum Gasteiger partial charge on any atom is 0.212 e. The maximum atomic E-state index is 2.38. The lowest BCUT2D eigenvalue weighted by molar-refractivity contribution is -0.643. The van der Waals surface area contributed by atoms with E-state index in [4.69, 9.17) is 0 Å². The van der Waals surface area contributed by atoms with Crippen molar-refractivity contribution in [2.45, 2.75) is 27.3 Å². The Hall–Kier alpha value is -3.13. The van der Waals surface area contributed by atoms with E-state index in [0.717, 1.165) is 6.54 Å². The summed E-state index contributed by atoms with van der Waals surface area (Å²) in [6.07, 6.45) is 4.44. The second-order valence-corrected chi connectivity index (χ2v) is 8.70. The SMILES string of the molecule is Cc1ccc2c[n+](C)c3ccc(-c4ccc5ccn(CC(C)C)c5c4)cc3c2c1. The van der Waals surface area contributed by atoms with E-state index in [-0.39, 0.29) is 0 Å². The summed E-state index contributed by atoms with van der Waals surface area (Å²) in [6, 6.07) is 22.6. The number of fused-ring (bicyclic) bond motifs is 4. The number of nitrogens with zero attached hydrogens (tertiary/aromatic N) is 2. The number of hydrogen-bond acceptors (Lipinski definition) is 0. The number of rotatable bonds is 3. The summed E-state index contributed by atoms with van der Waals surface area (Å²) in [4.78, 5) is 0. The third-order valence-electron chi connectivity index (χ3n) is 5.88. The number of benzene rings is 3. The van der Waals surface area contributed by atoms with E-state index in [2.05, 4.69) is 110 Å². The van der Waals surface area contributed by atoms with Gasteiger partial charge in [0.2, 0.25) is 5.52 Å². The van der Waals surface area contributed by atoms with Crippen molar-refractivity contribution in [3.8, 4) is 11.1 Å². The van der Waals surface area contributed by atoms with Crippen LogP contribution in [0.4, 0.5) is 0 Å². The molecule has 0 saturated heterocycles. The van der Waals surface area contributed by atoms with Gasteiger partial charge in [-0.15, -0.1) is 0 Å². The minimum Gasteiger partial charge on any atom is -0.347 e. The molecule has 0 aliphatic heterocycles. The highest BCUT2D eigenvalue weighted by molar-refractivity contribution is 6.05. The van der Waals surface area contributed by atoms with Gasteiger partial charge in [0, 0.05) is 35.1 Å². The summed E-state index contributed by atoms with van der Waals surface area (Å²) >= 11 is 0. The van der Waals surface area contributed by atoms with Gasteiger partial charge >= 0.3 is 0 Å². The molecule has 2 heterocycles. The molecule has 0 spiro atoms. The molecule has 0 N–H and O–H groups in total. The van der Waals surface area contributed by atoms with Gasteiger partial charge in [-0.2, -0.15) is 0 Å². The highest BCUT2D eigenvalue weighted by atomic mass is 15.0. The summed E-state index contributed by atoms with van der Waals surface area (Å²) in [6.45, 7) is 7.75. The molecule has 0 unspecified atom stereocenters. The first-order valence-electron chi connectivity index (χ1n) is 10.4. The lowest BCUT2D eigenvalue weighted by Crippen LogP contribution is -2.28. The van der Waals surface area contributed by atoms with Crippen LogP contribution in [0.3, 0.4) is 0 Å². The Bertz CT molecular complexity index is 1370. The number of pyridine rings is 1. The fraction of sp³-hybridized carbons (Fsp3) is 0.222. The van der Waals surface area contributed by atoms with Crippen LogP contribution in [0.15, 0.2) is 73.1 Å². The van der Waals surface area contributed by atoms with E-state index in [9.17, 15) is 0 Å². The van der Waals surface area contributed by atoms with Gasteiger partial charge in [0.15, 0.2) is 6.20 Å². The first-order chi connectivity index (χ1) is 14.0. The van der Waals surface area contributed by atoms with E-state index >= 15 is 0 Å². The number of aromatic nitrogens is 2. The molecule has 5 rings (SSSR count). The van der Waals surface area contributed by atoms with Crippen molar-refractivity contribution in [1.29, 1.82) is 0 Å². The zero-order chi connectivity index (χ0) is 20.1. The van der Waals surface area contributed by atoms with Gasteiger partial charge in [-0.1, -0.05) is 43.7 Å². The van der Waals surface area contributed by atoms with Crippen molar-refractivity contribution in [2.24, 2.45) is 13.0 Å². The molecule has 0 radical (unpaired) electrons. The average molecular weight is 380 g/mol. The Morgan fingerprint density at radius 3 is 2.41 bits per heavy atom. The fourth-order valence-corrected chi connectivity index (χ4v) is 4.45. The molecule has 0 fully saturated rings.